The van der Waals surface area contributed by atoms with E-state index in [4.69, 9.17) is 15.1 Å². The monoisotopic (exact) mass is 258 g/mol. The third kappa shape index (κ3) is 2.24. The number of benzene rings is 1. The van der Waals surface area contributed by atoms with E-state index in [0.717, 1.165) is 0 Å². The van der Waals surface area contributed by atoms with E-state index in [1.807, 2.05) is 6.07 Å². The van der Waals surface area contributed by atoms with Crippen molar-refractivity contribution in [2.24, 2.45) is 0 Å². The molecule has 1 aromatic carbocycles. The molecule has 0 aliphatic carbocycles. The van der Waals surface area contributed by atoms with Gasteiger partial charge in [0.15, 0.2) is 5.69 Å². The quantitative estimate of drug-likeness (QED) is 0.883. The summed E-state index contributed by atoms with van der Waals surface area (Å²) in [5.41, 5.74) is 0.578. The Kier molecular flexibility index (Phi) is 3.43. The number of carboxylic acid groups (broad SMARTS) is 1. The van der Waals surface area contributed by atoms with Crippen molar-refractivity contribution >= 4 is 5.97 Å². The van der Waals surface area contributed by atoms with E-state index in [1.165, 1.54) is 11.8 Å². The summed E-state index contributed by atoms with van der Waals surface area (Å²) in [4.78, 5) is 11.2. The first kappa shape index (κ1) is 12.6. The first-order valence-corrected chi connectivity index (χ1v) is 5.36. The molecule has 2 rings (SSSR count). The number of ether oxygens (including phenoxy) is 1. The summed E-state index contributed by atoms with van der Waals surface area (Å²) >= 11 is 0. The molecule has 0 aliphatic rings. The number of methoxy groups -OCH3 is 1. The minimum absolute atomic E-state index is 0.0896. The Labute approximate surface area is 108 Å². The number of aromatic carboxylic acids is 1. The van der Waals surface area contributed by atoms with Gasteiger partial charge in [0.05, 0.1) is 13.2 Å². The fraction of sp³-hybridized carbons (Fsp3) is 0.167. The van der Waals surface area contributed by atoms with Gasteiger partial charge < -0.3 is 9.84 Å². The average Bonchev–Trinajstić information content (AvgIpc) is 2.83. The van der Waals surface area contributed by atoms with Crippen molar-refractivity contribution in [1.82, 2.24) is 15.0 Å². The van der Waals surface area contributed by atoms with Gasteiger partial charge in [0.2, 0.25) is 0 Å². The molecule has 0 atom stereocenters. The average molecular weight is 258 g/mol. The highest BCUT2D eigenvalue weighted by atomic mass is 16.5. The Morgan fingerprint density at radius 1 is 1.53 bits per heavy atom. The lowest BCUT2D eigenvalue weighted by Crippen LogP contribution is -2.05. The zero-order valence-corrected chi connectivity index (χ0v) is 10.1. The summed E-state index contributed by atoms with van der Waals surface area (Å²) in [7, 11) is 1.48. The maximum atomic E-state index is 11.2. The van der Waals surface area contributed by atoms with Crippen molar-refractivity contribution in [2.75, 3.05) is 7.11 Å². The van der Waals surface area contributed by atoms with Crippen molar-refractivity contribution in [3.8, 4) is 23.1 Å². The lowest BCUT2D eigenvalue weighted by atomic mass is 10.1. The molecule has 0 fully saturated rings. The molecule has 0 bridgehead atoms. The molecule has 7 heteroatoms. The van der Waals surface area contributed by atoms with Crippen molar-refractivity contribution in [3.05, 3.63) is 30.0 Å². The number of para-hydroxylation sites is 1. The van der Waals surface area contributed by atoms with Gasteiger partial charge in [0.1, 0.15) is 18.0 Å². The highest BCUT2D eigenvalue weighted by Gasteiger charge is 2.22. The smallest absolute Gasteiger partial charge is 0.358 e. The van der Waals surface area contributed by atoms with Crippen LogP contribution in [0.4, 0.5) is 0 Å². The third-order valence-electron chi connectivity index (χ3n) is 2.52. The number of hydrogen-bond donors (Lipinski definition) is 1. The minimum Gasteiger partial charge on any atom is -0.496 e. The molecule has 19 heavy (non-hydrogen) atoms. The molecule has 0 saturated heterocycles. The van der Waals surface area contributed by atoms with Gasteiger partial charge in [-0.3, -0.25) is 0 Å². The number of aromatic nitrogens is 3. The standard InChI is InChI=1S/C12H10N4O3/c1-19-9-5-3-2-4-8(9)11-10(12(17)18)14-15-16(11)7-6-13/h2-5H,7H2,1H3,(H,17,18). The first-order valence-electron chi connectivity index (χ1n) is 5.36. The normalized spacial score (nSPS) is 9.89. The first-order chi connectivity index (χ1) is 9.19. The molecule has 0 unspecified atom stereocenters. The predicted molar refractivity (Wildman–Crippen MR) is 64.6 cm³/mol. The summed E-state index contributed by atoms with van der Waals surface area (Å²) in [6, 6.07) is 8.81. The van der Waals surface area contributed by atoms with Crippen molar-refractivity contribution < 1.29 is 14.6 Å². The number of hydrogen-bond acceptors (Lipinski definition) is 5. The van der Waals surface area contributed by atoms with Crippen LogP contribution in [0.1, 0.15) is 10.5 Å². The Morgan fingerprint density at radius 3 is 2.89 bits per heavy atom. The highest BCUT2D eigenvalue weighted by molar-refractivity contribution is 5.93. The van der Waals surface area contributed by atoms with Gasteiger partial charge in [-0.15, -0.1) is 5.10 Å². The Morgan fingerprint density at radius 2 is 2.26 bits per heavy atom. The molecule has 0 spiro atoms. The fourth-order valence-corrected chi connectivity index (χ4v) is 1.74. The Bertz CT molecular complexity index is 657. The second-order valence-electron chi connectivity index (χ2n) is 3.61. The summed E-state index contributed by atoms with van der Waals surface area (Å²) in [6.45, 7) is -0.0896. The molecule has 0 amide bonds. The fourth-order valence-electron chi connectivity index (χ4n) is 1.74. The maximum absolute atomic E-state index is 11.2. The van der Waals surface area contributed by atoms with Crippen molar-refractivity contribution in [3.63, 3.8) is 0 Å². The summed E-state index contributed by atoms with van der Waals surface area (Å²) < 4.78 is 6.43. The number of carboxylic acids is 1. The van der Waals surface area contributed by atoms with E-state index in [2.05, 4.69) is 10.3 Å². The second kappa shape index (κ2) is 5.18. The summed E-state index contributed by atoms with van der Waals surface area (Å²) in [5.74, 6) is -0.711. The zero-order valence-electron chi connectivity index (χ0n) is 10.1. The molecule has 2 aromatic rings. The molecule has 1 aromatic heterocycles. The summed E-state index contributed by atoms with van der Waals surface area (Å²) in [5, 5.41) is 25.2. The number of rotatable bonds is 4. The molecular formula is C12H10N4O3. The molecule has 0 saturated carbocycles. The van der Waals surface area contributed by atoms with E-state index in [-0.39, 0.29) is 17.9 Å². The Hall–Kier alpha value is -2.88. The van der Waals surface area contributed by atoms with Gasteiger partial charge in [-0.05, 0) is 12.1 Å². The number of nitrogens with zero attached hydrogens (tertiary/aromatic N) is 4. The van der Waals surface area contributed by atoms with Crippen molar-refractivity contribution in [2.45, 2.75) is 6.54 Å². The van der Waals surface area contributed by atoms with E-state index in [9.17, 15) is 4.79 Å². The van der Waals surface area contributed by atoms with Crippen LogP contribution >= 0.6 is 0 Å². The van der Waals surface area contributed by atoms with Crippen LogP contribution in [0.5, 0.6) is 5.75 Å². The molecule has 7 nitrogen and oxygen atoms in total. The van der Waals surface area contributed by atoms with Crippen LogP contribution in [0.2, 0.25) is 0 Å². The van der Waals surface area contributed by atoms with Crippen LogP contribution in [0.3, 0.4) is 0 Å². The molecule has 0 aliphatic heterocycles. The topological polar surface area (TPSA) is 101 Å². The van der Waals surface area contributed by atoms with Crippen LogP contribution in [0.25, 0.3) is 11.3 Å². The molecule has 1 heterocycles. The SMILES string of the molecule is COc1ccccc1-c1c(C(=O)O)nnn1CC#N. The minimum atomic E-state index is -1.20. The highest BCUT2D eigenvalue weighted by Crippen LogP contribution is 2.31. The van der Waals surface area contributed by atoms with Gasteiger partial charge in [-0.1, -0.05) is 17.3 Å². The van der Waals surface area contributed by atoms with Crippen LogP contribution in [0.15, 0.2) is 24.3 Å². The Balaban J connectivity index is 2.68. The molecule has 1 N–H and O–H groups in total. The van der Waals surface area contributed by atoms with E-state index < -0.39 is 5.97 Å². The van der Waals surface area contributed by atoms with Gasteiger partial charge in [0.25, 0.3) is 0 Å². The molecular weight excluding hydrogens is 248 g/mol. The molecule has 0 radical (unpaired) electrons. The summed E-state index contributed by atoms with van der Waals surface area (Å²) in [6.07, 6.45) is 0. The molecule has 96 valence electrons. The third-order valence-corrected chi connectivity index (χ3v) is 2.52. The lowest BCUT2D eigenvalue weighted by molar-refractivity contribution is 0.0691. The number of nitriles is 1. The second-order valence-corrected chi connectivity index (χ2v) is 3.61. The van der Waals surface area contributed by atoms with Gasteiger partial charge in [-0.2, -0.15) is 5.26 Å². The largest absolute Gasteiger partial charge is 0.496 e. The van der Waals surface area contributed by atoms with Crippen LogP contribution < -0.4 is 4.74 Å². The van der Waals surface area contributed by atoms with Crippen LogP contribution in [0, 0.1) is 11.3 Å². The lowest BCUT2D eigenvalue weighted by Gasteiger charge is -2.09. The van der Waals surface area contributed by atoms with E-state index in [0.29, 0.717) is 11.3 Å². The van der Waals surface area contributed by atoms with E-state index in [1.54, 1.807) is 24.3 Å². The van der Waals surface area contributed by atoms with Crippen molar-refractivity contribution in [1.29, 1.82) is 5.26 Å². The predicted octanol–water partition coefficient (Wildman–Crippen LogP) is 1.18. The number of carbonyl (C=O) groups is 1. The van der Waals surface area contributed by atoms with Gasteiger partial charge >= 0.3 is 5.97 Å². The van der Waals surface area contributed by atoms with Gasteiger partial charge in [-0.25, -0.2) is 9.48 Å². The van der Waals surface area contributed by atoms with Gasteiger partial charge in [0, 0.05) is 5.56 Å². The van der Waals surface area contributed by atoms with E-state index >= 15 is 0 Å². The van der Waals surface area contributed by atoms with Crippen LogP contribution in [-0.2, 0) is 6.54 Å². The zero-order chi connectivity index (χ0) is 13.8. The maximum Gasteiger partial charge on any atom is 0.358 e. The van der Waals surface area contributed by atoms with Crippen LogP contribution in [-0.4, -0.2) is 33.2 Å².